The second-order valence-electron chi connectivity index (χ2n) is 3.61. The highest BCUT2D eigenvalue weighted by Crippen LogP contribution is 2.19. The van der Waals surface area contributed by atoms with Crippen LogP contribution < -0.4 is 16.8 Å². The second-order valence-corrected chi connectivity index (χ2v) is 3.61. The molecule has 17 heavy (non-hydrogen) atoms. The third-order valence-corrected chi connectivity index (χ3v) is 2.19. The minimum Gasteiger partial charge on any atom is -0.478 e. The fraction of sp³-hybridized carbons (Fsp3) is 0.273. The molecule has 6 nitrogen and oxygen atoms in total. The van der Waals surface area contributed by atoms with E-state index in [4.69, 9.17) is 16.6 Å². The molecule has 1 amide bonds. The van der Waals surface area contributed by atoms with Gasteiger partial charge in [-0.3, -0.25) is 4.79 Å². The Hall–Kier alpha value is -2.24. The summed E-state index contributed by atoms with van der Waals surface area (Å²) in [6, 6.07) is 4.51. The molecule has 92 valence electrons. The maximum absolute atomic E-state index is 10.9. The van der Waals surface area contributed by atoms with Crippen molar-refractivity contribution in [3.05, 3.63) is 23.8 Å². The summed E-state index contributed by atoms with van der Waals surface area (Å²) in [5.41, 5.74) is 11.6. The molecule has 0 saturated heterocycles. The number of carbonyl (C=O) groups excluding carboxylic acids is 1. The summed E-state index contributed by atoms with van der Waals surface area (Å²) in [5, 5.41) is 11.9. The molecule has 0 aliphatic carbocycles. The Morgan fingerprint density at radius 3 is 2.65 bits per heavy atom. The number of aromatic carboxylic acids is 1. The third kappa shape index (κ3) is 4.02. The molecule has 0 aliphatic rings. The van der Waals surface area contributed by atoms with Crippen molar-refractivity contribution in [3.8, 4) is 0 Å². The number of primary amides is 1. The van der Waals surface area contributed by atoms with E-state index in [1.807, 2.05) is 0 Å². The van der Waals surface area contributed by atoms with Crippen LogP contribution in [0.3, 0.4) is 0 Å². The molecule has 1 aromatic rings. The molecule has 6 heteroatoms. The molecular weight excluding hydrogens is 222 g/mol. The quantitative estimate of drug-likeness (QED) is 0.427. The lowest BCUT2D eigenvalue weighted by molar-refractivity contribution is -0.118. The van der Waals surface area contributed by atoms with Gasteiger partial charge in [-0.15, -0.1) is 0 Å². The van der Waals surface area contributed by atoms with Crippen molar-refractivity contribution >= 4 is 23.3 Å². The summed E-state index contributed by atoms with van der Waals surface area (Å²) in [4.78, 5) is 21.4. The molecule has 1 rings (SSSR count). The molecule has 6 N–H and O–H groups in total. The number of nitrogen functional groups attached to an aromatic ring is 1. The first-order valence-corrected chi connectivity index (χ1v) is 5.15. The Labute approximate surface area is 98.6 Å². The van der Waals surface area contributed by atoms with Crippen molar-refractivity contribution < 1.29 is 14.7 Å². The summed E-state index contributed by atoms with van der Waals surface area (Å²) in [6.07, 6.45) is 0.806. The molecule has 0 spiro atoms. The van der Waals surface area contributed by atoms with Crippen molar-refractivity contribution in [1.82, 2.24) is 0 Å². The van der Waals surface area contributed by atoms with Gasteiger partial charge < -0.3 is 21.9 Å². The van der Waals surface area contributed by atoms with Crippen molar-refractivity contribution in [1.29, 1.82) is 0 Å². The molecule has 0 aliphatic heterocycles. The summed E-state index contributed by atoms with van der Waals surface area (Å²) in [5.74, 6) is -1.40. The average Bonchev–Trinajstić information content (AvgIpc) is 2.23. The first-order valence-electron chi connectivity index (χ1n) is 5.15. The Balaban J connectivity index is 2.65. The van der Waals surface area contributed by atoms with Crippen LogP contribution in [0.25, 0.3) is 0 Å². The van der Waals surface area contributed by atoms with E-state index in [1.54, 1.807) is 6.07 Å². The Kier molecular flexibility index (Phi) is 4.33. The SMILES string of the molecule is NC(=O)CCCNc1cc(N)ccc1C(=O)O. The minimum absolute atomic E-state index is 0.151. The second kappa shape index (κ2) is 5.74. The number of anilines is 2. The standard InChI is InChI=1S/C11H15N3O3/c12-7-3-4-8(11(16)17)9(6-7)14-5-1-2-10(13)15/h3-4,6,14H,1-2,5,12H2,(H2,13,15)(H,16,17). The van der Waals surface area contributed by atoms with Gasteiger partial charge in [0.15, 0.2) is 0 Å². The predicted octanol–water partition coefficient (Wildman–Crippen LogP) is 0.644. The van der Waals surface area contributed by atoms with Crippen LogP contribution in [0.5, 0.6) is 0 Å². The molecule has 0 saturated carbocycles. The molecule has 0 fully saturated rings. The number of hydrogen-bond acceptors (Lipinski definition) is 4. The van der Waals surface area contributed by atoms with Gasteiger partial charge in [-0.1, -0.05) is 0 Å². The number of hydrogen-bond donors (Lipinski definition) is 4. The highest BCUT2D eigenvalue weighted by molar-refractivity contribution is 5.95. The van der Waals surface area contributed by atoms with Crippen LogP contribution in [0.4, 0.5) is 11.4 Å². The van der Waals surface area contributed by atoms with Crippen molar-refractivity contribution in [2.75, 3.05) is 17.6 Å². The largest absolute Gasteiger partial charge is 0.478 e. The van der Waals surface area contributed by atoms with Crippen LogP contribution in [-0.2, 0) is 4.79 Å². The Morgan fingerprint density at radius 2 is 2.06 bits per heavy atom. The van der Waals surface area contributed by atoms with Gasteiger partial charge >= 0.3 is 5.97 Å². The van der Waals surface area contributed by atoms with Gasteiger partial charge in [-0.05, 0) is 24.6 Å². The molecule has 0 unspecified atom stereocenters. The number of carboxylic acid groups (broad SMARTS) is 1. The average molecular weight is 237 g/mol. The van der Waals surface area contributed by atoms with E-state index in [-0.39, 0.29) is 17.9 Å². The monoisotopic (exact) mass is 237 g/mol. The van der Waals surface area contributed by atoms with Gasteiger partial charge in [-0.25, -0.2) is 4.79 Å². The third-order valence-electron chi connectivity index (χ3n) is 2.19. The zero-order valence-corrected chi connectivity index (χ0v) is 9.27. The summed E-state index contributed by atoms with van der Waals surface area (Å²) in [6.45, 7) is 0.465. The van der Waals surface area contributed by atoms with E-state index in [0.717, 1.165) is 0 Å². The van der Waals surface area contributed by atoms with E-state index in [1.165, 1.54) is 12.1 Å². The summed E-state index contributed by atoms with van der Waals surface area (Å²) in [7, 11) is 0. The van der Waals surface area contributed by atoms with E-state index >= 15 is 0 Å². The van der Waals surface area contributed by atoms with Gasteiger partial charge in [-0.2, -0.15) is 0 Å². The minimum atomic E-state index is -1.03. The number of nitrogens with one attached hydrogen (secondary N) is 1. The molecular formula is C11H15N3O3. The first kappa shape index (κ1) is 12.8. The number of benzene rings is 1. The lowest BCUT2D eigenvalue weighted by atomic mass is 10.1. The Morgan fingerprint density at radius 1 is 1.35 bits per heavy atom. The normalized spacial score (nSPS) is 9.88. The molecule has 1 aromatic carbocycles. The molecule has 0 radical (unpaired) electrons. The number of amides is 1. The van der Waals surface area contributed by atoms with Crippen LogP contribution in [0, 0.1) is 0 Å². The topological polar surface area (TPSA) is 118 Å². The van der Waals surface area contributed by atoms with Crippen LogP contribution >= 0.6 is 0 Å². The number of carbonyl (C=O) groups is 2. The number of nitrogens with two attached hydrogens (primary N) is 2. The zero-order valence-electron chi connectivity index (χ0n) is 9.27. The van der Waals surface area contributed by atoms with Gasteiger partial charge in [0.25, 0.3) is 0 Å². The van der Waals surface area contributed by atoms with Crippen LogP contribution in [0.15, 0.2) is 18.2 Å². The van der Waals surface area contributed by atoms with Crippen LogP contribution in [-0.4, -0.2) is 23.5 Å². The fourth-order valence-electron chi connectivity index (χ4n) is 1.38. The highest BCUT2D eigenvalue weighted by Gasteiger charge is 2.09. The van der Waals surface area contributed by atoms with Crippen LogP contribution in [0.1, 0.15) is 23.2 Å². The van der Waals surface area contributed by atoms with Gasteiger partial charge in [0.05, 0.1) is 11.3 Å². The predicted molar refractivity (Wildman–Crippen MR) is 64.7 cm³/mol. The van der Waals surface area contributed by atoms with E-state index in [2.05, 4.69) is 5.32 Å². The maximum atomic E-state index is 10.9. The first-order chi connectivity index (χ1) is 8.00. The van der Waals surface area contributed by atoms with E-state index in [9.17, 15) is 9.59 Å². The van der Waals surface area contributed by atoms with Gasteiger partial charge in [0, 0.05) is 18.7 Å². The molecule has 0 heterocycles. The lowest BCUT2D eigenvalue weighted by Crippen LogP contribution is -2.13. The van der Waals surface area contributed by atoms with Crippen molar-refractivity contribution in [2.45, 2.75) is 12.8 Å². The lowest BCUT2D eigenvalue weighted by Gasteiger charge is -2.09. The maximum Gasteiger partial charge on any atom is 0.337 e. The fourth-order valence-corrected chi connectivity index (χ4v) is 1.38. The number of carboxylic acids is 1. The number of rotatable bonds is 6. The zero-order chi connectivity index (χ0) is 12.8. The summed E-state index contributed by atoms with van der Waals surface area (Å²) >= 11 is 0. The highest BCUT2D eigenvalue weighted by atomic mass is 16.4. The molecule has 0 aromatic heterocycles. The van der Waals surface area contributed by atoms with Gasteiger partial charge in [0.1, 0.15) is 0 Å². The Bertz CT molecular complexity index is 432. The van der Waals surface area contributed by atoms with Crippen molar-refractivity contribution in [2.24, 2.45) is 5.73 Å². The summed E-state index contributed by atoms with van der Waals surface area (Å²) < 4.78 is 0. The van der Waals surface area contributed by atoms with Crippen molar-refractivity contribution in [3.63, 3.8) is 0 Å². The smallest absolute Gasteiger partial charge is 0.337 e. The molecule has 0 bridgehead atoms. The van der Waals surface area contributed by atoms with Gasteiger partial charge in [0.2, 0.25) is 5.91 Å². The molecule has 0 atom stereocenters. The van der Waals surface area contributed by atoms with E-state index < -0.39 is 5.97 Å². The van der Waals surface area contributed by atoms with E-state index in [0.29, 0.717) is 24.3 Å². The van der Waals surface area contributed by atoms with Crippen LogP contribution in [0.2, 0.25) is 0 Å².